The minimum Gasteiger partial charge on any atom is -0.453 e. The molecule has 1 aromatic rings. The number of rotatable bonds is 20. The van der Waals surface area contributed by atoms with Gasteiger partial charge < -0.3 is 48.3 Å². The number of aliphatic hydroxyl groups is 1. The largest absolute Gasteiger partial charge is 0.453 e. The number of benzene rings is 1. The first-order valence-electron chi connectivity index (χ1n) is 26.6. The molecule has 72 heavy (non-hydrogen) atoms. The summed E-state index contributed by atoms with van der Waals surface area (Å²) in [5, 5.41) is 19.8. The van der Waals surface area contributed by atoms with E-state index in [4.69, 9.17) is 32.5 Å². The summed E-state index contributed by atoms with van der Waals surface area (Å²) in [5.41, 5.74) is -3.91. The van der Waals surface area contributed by atoms with E-state index < -0.39 is 117 Å². The van der Waals surface area contributed by atoms with Crippen molar-refractivity contribution in [3.05, 3.63) is 47.0 Å². The standard InChI is InChI=1S/C55H90N2O13Si2/c1-20-71(21-2,22-3)69-40-29-41-54(31-64-41,66-37(13)58)45-47(65-49(61)38-26-24-23-25-27-38)55(63)52(17,18)42(44(67-55)46(59)53(40,45)19)36(12)30-56-48(60)43(70-72(33(6)7,34(8)9)35(10)11)39(28-32(4)5)57-50(62)68-51(14,15)16/h23-27,32-35,39-41,43-45,47,63H,20-22,28-31H2,1-19H3,(H,56,60)(H,57,62)/b42-36-/t39-,40-,41+,43+,44+,45?,47-,53+,54-,55+/m0/s1. The van der Waals surface area contributed by atoms with Crippen molar-refractivity contribution < 1.29 is 61.6 Å². The molecule has 4 fully saturated rings. The molecule has 3 saturated heterocycles. The molecule has 17 heteroatoms. The molecule has 2 amide bonds. The first-order chi connectivity index (χ1) is 33.3. The van der Waals surface area contributed by atoms with Gasteiger partial charge in [-0.25, -0.2) is 9.59 Å². The number of hydrogen-bond donors (Lipinski definition) is 3. The van der Waals surface area contributed by atoms with Gasteiger partial charge in [-0.05, 0) is 99.4 Å². The number of nitrogens with one attached hydrogen (secondary N) is 2. The zero-order chi connectivity index (χ0) is 54.3. The molecule has 3 N–H and O–H groups in total. The van der Waals surface area contributed by atoms with Crippen molar-refractivity contribution in [3.63, 3.8) is 0 Å². The van der Waals surface area contributed by atoms with Gasteiger partial charge in [-0.3, -0.25) is 14.4 Å². The monoisotopic (exact) mass is 1040 g/mol. The first kappa shape index (κ1) is 59.4. The zero-order valence-corrected chi connectivity index (χ0v) is 49.0. The Morgan fingerprint density at radius 1 is 0.889 bits per heavy atom. The summed E-state index contributed by atoms with van der Waals surface area (Å²) in [7, 11) is -5.31. The SMILES string of the molecule is CC[Si](CC)(CC)O[C@H]1C[C@H]2OC[C@@]2(OC(C)=O)C2[C@H](OC(=O)c3ccccc3)[C@@]3(O)O[C@@H](C(=O)[C@@]21C)/C(=C(\C)CNC(=O)[C@H](O[Si](C(C)C)(C(C)C)C(C)C)[C@H](CC(C)C)NC(=O)OC(C)(C)C)C3(C)C. The Morgan fingerprint density at radius 2 is 1.46 bits per heavy atom. The van der Waals surface area contributed by atoms with Crippen LogP contribution in [0.2, 0.25) is 34.8 Å². The molecule has 1 aromatic carbocycles. The van der Waals surface area contributed by atoms with Crippen LogP contribution < -0.4 is 10.6 Å². The summed E-state index contributed by atoms with van der Waals surface area (Å²) < 4.78 is 46.4. The van der Waals surface area contributed by atoms with Crippen LogP contribution in [0.25, 0.3) is 0 Å². The number of ether oxygens (including phenoxy) is 5. The van der Waals surface area contributed by atoms with Crippen molar-refractivity contribution in [2.75, 3.05) is 13.2 Å². The normalized spacial score (nSPS) is 29.7. The third kappa shape index (κ3) is 10.8. The highest BCUT2D eigenvalue weighted by Crippen LogP contribution is 2.66. The van der Waals surface area contributed by atoms with E-state index in [0.29, 0.717) is 17.6 Å². The lowest BCUT2D eigenvalue weighted by atomic mass is 9.49. The number of Topliss-reactive ketones (excluding diaryl/α,β-unsaturated/α-hetero) is 1. The minimum atomic E-state index is -2.79. The van der Waals surface area contributed by atoms with Crippen LogP contribution in [0, 0.1) is 22.7 Å². The maximum absolute atomic E-state index is 16.2. The van der Waals surface area contributed by atoms with Crippen molar-refractivity contribution in [1.29, 1.82) is 0 Å². The van der Waals surface area contributed by atoms with Gasteiger partial charge in [0.25, 0.3) is 0 Å². The molecule has 1 unspecified atom stereocenters. The average Bonchev–Trinajstić information content (AvgIpc) is 3.46. The number of amides is 2. The van der Waals surface area contributed by atoms with Gasteiger partial charge in [-0.2, -0.15) is 0 Å². The quantitative estimate of drug-likeness (QED) is 0.0484. The molecule has 3 aliphatic heterocycles. The van der Waals surface area contributed by atoms with Gasteiger partial charge >= 0.3 is 18.0 Å². The molecular weight excluding hydrogens is 953 g/mol. The van der Waals surface area contributed by atoms with E-state index in [-0.39, 0.29) is 47.7 Å². The highest BCUT2D eigenvalue weighted by Gasteiger charge is 2.81. The van der Waals surface area contributed by atoms with Crippen LogP contribution in [0.1, 0.15) is 155 Å². The smallest absolute Gasteiger partial charge is 0.407 e. The van der Waals surface area contributed by atoms with Gasteiger partial charge in [0, 0.05) is 25.3 Å². The van der Waals surface area contributed by atoms with E-state index in [2.05, 4.69) is 72.9 Å². The number of fused-ring (bicyclic) bond motifs is 5. The highest BCUT2D eigenvalue weighted by molar-refractivity contribution is 6.77. The van der Waals surface area contributed by atoms with Crippen LogP contribution in [-0.2, 0) is 46.9 Å². The summed E-state index contributed by atoms with van der Waals surface area (Å²) in [6, 6.07) is 9.90. The minimum absolute atomic E-state index is 0.0515. The topological polar surface area (TPSA) is 194 Å². The van der Waals surface area contributed by atoms with Crippen molar-refractivity contribution in [2.24, 2.45) is 22.7 Å². The molecule has 15 nitrogen and oxygen atoms in total. The third-order valence-electron chi connectivity index (χ3n) is 16.9. The molecule has 406 valence electrons. The molecule has 0 radical (unpaired) electrons. The zero-order valence-electron chi connectivity index (χ0n) is 47.0. The van der Waals surface area contributed by atoms with Crippen LogP contribution in [0.5, 0.6) is 0 Å². The van der Waals surface area contributed by atoms with Gasteiger partial charge in [-0.1, -0.05) is 114 Å². The Labute approximate surface area is 432 Å². The fraction of sp³-hybridized carbons (Fsp3) is 0.764. The second-order valence-corrected chi connectivity index (χ2v) is 34.4. The Balaban J connectivity index is 1.71. The van der Waals surface area contributed by atoms with Crippen molar-refractivity contribution in [2.45, 2.75) is 233 Å². The maximum Gasteiger partial charge on any atom is 0.407 e. The molecule has 2 bridgehead atoms. The molecule has 4 aliphatic rings. The number of carbonyl (C=O) groups is 5. The van der Waals surface area contributed by atoms with Crippen LogP contribution >= 0.6 is 0 Å². The van der Waals surface area contributed by atoms with Gasteiger partial charge in [0.1, 0.15) is 23.9 Å². The summed E-state index contributed by atoms with van der Waals surface area (Å²) in [6.45, 7) is 36.7. The summed E-state index contributed by atoms with van der Waals surface area (Å²) in [4.78, 5) is 72.7. The van der Waals surface area contributed by atoms with Crippen LogP contribution in [-0.4, -0.2) is 118 Å². The Kier molecular flexibility index (Phi) is 18.2. The fourth-order valence-corrected chi connectivity index (χ4v) is 21.6. The maximum atomic E-state index is 16.2. The summed E-state index contributed by atoms with van der Waals surface area (Å²) in [5.74, 6) is -5.83. The number of ketones is 1. The summed E-state index contributed by atoms with van der Waals surface area (Å²) in [6.07, 6.45) is -5.77. The molecule has 1 saturated carbocycles. The van der Waals surface area contributed by atoms with Gasteiger partial charge in [0.2, 0.25) is 20.0 Å². The highest BCUT2D eigenvalue weighted by atomic mass is 28.4. The molecule has 5 rings (SSSR count). The summed E-state index contributed by atoms with van der Waals surface area (Å²) >= 11 is 0. The van der Waals surface area contributed by atoms with Crippen LogP contribution in [0.3, 0.4) is 0 Å². The second-order valence-electron chi connectivity index (χ2n) is 24.2. The van der Waals surface area contributed by atoms with Crippen LogP contribution in [0.15, 0.2) is 41.5 Å². The fourth-order valence-electron chi connectivity index (χ4n) is 13.1. The average molecular weight is 1040 g/mol. The molecule has 0 spiro atoms. The van der Waals surface area contributed by atoms with E-state index in [9.17, 15) is 19.5 Å². The molecule has 0 aromatic heterocycles. The van der Waals surface area contributed by atoms with E-state index in [1.807, 2.05) is 13.8 Å². The van der Waals surface area contributed by atoms with Gasteiger partial charge in [-0.15, -0.1) is 0 Å². The molecule has 3 heterocycles. The van der Waals surface area contributed by atoms with Crippen molar-refractivity contribution in [1.82, 2.24) is 10.6 Å². The first-order valence-corrected chi connectivity index (χ1v) is 31.3. The Hall–Kier alpha value is -3.46. The second kappa shape index (κ2) is 22.0. The lowest BCUT2D eigenvalue weighted by molar-refractivity contribution is -0.355. The number of hydrogen-bond acceptors (Lipinski definition) is 13. The molecule has 1 aliphatic carbocycles. The Morgan fingerprint density at radius 3 is 1.93 bits per heavy atom. The number of esters is 2. The predicted molar refractivity (Wildman–Crippen MR) is 281 cm³/mol. The lowest BCUT2D eigenvalue weighted by Crippen LogP contribution is -2.80. The van der Waals surface area contributed by atoms with E-state index in [1.165, 1.54) is 6.92 Å². The van der Waals surface area contributed by atoms with Crippen LogP contribution in [0.4, 0.5) is 4.79 Å². The number of carbonyl (C=O) groups excluding carboxylic acids is 5. The lowest BCUT2D eigenvalue weighted by Gasteiger charge is -2.65. The third-order valence-corrected chi connectivity index (χ3v) is 27.6. The van der Waals surface area contributed by atoms with E-state index >= 15 is 9.59 Å². The van der Waals surface area contributed by atoms with E-state index in [1.54, 1.807) is 78.8 Å². The number of alkyl carbamates (subject to hydrolysis) is 1. The Bertz CT molecular complexity index is 2140. The molecular formula is C55H90N2O13Si2. The van der Waals surface area contributed by atoms with Gasteiger partial charge in [0.15, 0.2) is 25.8 Å². The van der Waals surface area contributed by atoms with Crippen molar-refractivity contribution >= 4 is 46.4 Å². The van der Waals surface area contributed by atoms with E-state index in [0.717, 1.165) is 18.1 Å². The predicted octanol–water partition coefficient (Wildman–Crippen LogP) is 9.96. The van der Waals surface area contributed by atoms with Crippen molar-refractivity contribution in [3.8, 4) is 0 Å². The molecule has 10 atom stereocenters. The van der Waals surface area contributed by atoms with Gasteiger partial charge in [0.05, 0.1) is 35.6 Å².